The van der Waals surface area contributed by atoms with Crippen LogP contribution in [0.4, 0.5) is 0 Å². The van der Waals surface area contributed by atoms with Crippen molar-refractivity contribution in [2.75, 3.05) is 5.75 Å². The number of nitrogens with one attached hydrogen (secondary N) is 1. The number of carbonyl (C=O) groups is 2. The van der Waals surface area contributed by atoms with Gasteiger partial charge in [-0.15, -0.1) is 11.8 Å². The molecule has 1 N–H and O–H groups in total. The fraction of sp³-hybridized carbons (Fsp3) is 0.600. The van der Waals surface area contributed by atoms with Crippen LogP contribution < -0.4 is 5.32 Å². The van der Waals surface area contributed by atoms with Crippen LogP contribution in [-0.4, -0.2) is 29.8 Å². The number of hydrogen-bond donors (Lipinski definition) is 1. The third-order valence-electron chi connectivity index (χ3n) is 4.95. The lowest BCUT2D eigenvalue weighted by Crippen LogP contribution is -2.46. The number of rotatable bonds is 6. The summed E-state index contributed by atoms with van der Waals surface area (Å²) in [5, 5.41) is 3.04. The molecule has 0 aliphatic heterocycles. The van der Waals surface area contributed by atoms with Gasteiger partial charge in [0, 0.05) is 10.9 Å². The van der Waals surface area contributed by atoms with Gasteiger partial charge in [-0.3, -0.25) is 9.59 Å². The predicted molar refractivity (Wildman–Crippen MR) is 102 cm³/mol. The molecule has 0 radical (unpaired) electrons. The normalized spacial score (nSPS) is 21.4. The first kappa shape index (κ1) is 19.8. The van der Waals surface area contributed by atoms with Gasteiger partial charge in [-0.2, -0.15) is 0 Å². The third-order valence-corrected chi connectivity index (χ3v) is 5.92. The summed E-state index contributed by atoms with van der Waals surface area (Å²) in [5.41, 5.74) is 2.43. The molecule has 1 fully saturated rings. The Hall–Kier alpha value is -1.49. The van der Waals surface area contributed by atoms with Gasteiger partial charge in [-0.25, -0.2) is 0 Å². The van der Waals surface area contributed by atoms with Gasteiger partial charge < -0.3 is 10.1 Å². The van der Waals surface area contributed by atoms with E-state index >= 15 is 0 Å². The Balaban J connectivity index is 1.76. The van der Waals surface area contributed by atoms with Crippen LogP contribution >= 0.6 is 11.8 Å². The van der Waals surface area contributed by atoms with E-state index in [1.54, 1.807) is 6.92 Å². The molecule has 0 saturated heterocycles. The first-order valence-electron chi connectivity index (χ1n) is 9.06. The first-order valence-corrected chi connectivity index (χ1v) is 10.0. The molecule has 138 valence electrons. The van der Waals surface area contributed by atoms with Gasteiger partial charge in [0.25, 0.3) is 5.91 Å². The van der Waals surface area contributed by atoms with Crippen molar-refractivity contribution in [1.29, 1.82) is 0 Å². The Bertz CT molecular complexity index is 617. The number of esters is 1. The van der Waals surface area contributed by atoms with Crippen LogP contribution in [0.5, 0.6) is 0 Å². The van der Waals surface area contributed by atoms with Gasteiger partial charge in [0.05, 0.1) is 5.75 Å². The topological polar surface area (TPSA) is 55.4 Å². The molecule has 25 heavy (non-hydrogen) atoms. The zero-order valence-corrected chi connectivity index (χ0v) is 16.4. The second kappa shape index (κ2) is 9.27. The smallest absolute Gasteiger partial charge is 0.317 e. The summed E-state index contributed by atoms with van der Waals surface area (Å²) < 4.78 is 5.29. The van der Waals surface area contributed by atoms with Crippen molar-refractivity contribution in [3.63, 3.8) is 0 Å². The number of hydrogen-bond acceptors (Lipinski definition) is 4. The molecule has 3 atom stereocenters. The quantitative estimate of drug-likeness (QED) is 0.613. The second-order valence-corrected chi connectivity index (χ2v) is 8.09. The van der Waals surface area contributed by atoms with Gasteiger partial charge >= 0.3 is 5.97 Å². The lowest BCUT2D eigenvalue weighted by atomic mass is 9.86. The highest BCUT2D eigenvalue weighted by molar-refractivity contribution is 8.00. The Morgan fingerprint density at radius 2 is 1.96 bits per heavy atom. The standard InChI is InChI=1S/C20H29NO3S/c1-13-9-10-17(11-15(13)3)25-12-19(22)24-16(4)20(23)21-18-8-6-5-7-14(18)2/h9-11,14,16,18H,5-8,12H2,1-4H3,(H,21,23)/t14-,16-,18+/m0/s1. The van der Waals surface area contributed by atoms with E-state index in [9.17, 15) is 9.59 Å². The molecule has 1 saturated carbocycles. The minimum absolute atomic E-state index is 0.191. The molecule has 0 aromatic heterocycles. The molecule has 1 aromatic rings. The number of aryl methyl sites for hydroxylation is 2. The van der Waals surface area contributed by atoms with Crippen molar-refractivity contribution in [3.05, 3.63) is 29.3 Å². The van der Waals surface area contributed by atoms with Crippen LogP contribution in [0.3, 0.4) is 0 Å². The molecule has 0 heterocycles. The molecule has 1 amide bonds. The largest absolute Gasteiger partial charge is 0.452 e. The molecule has 1 aliphatic carbocycles. The minimum Gasteiger partial charge on any atom is -0.452 e. The number of carbonyl (C=O) groups excluding carboxylic acids is 2. The van der Waals surface area contributed by atoms with E-state index in [2.05, 4.69) is 32.2 Å². The SMILES string of the molecule is Cc1ccc(SCC(=O)O[C@@H](C)C(=O)N[C@@H]2CCCC[C@@H]2C)cc1C. The molecular formula is C20H29NO3S. The fourth-order valence-electron chi connectivity index (χ4n) is 3.06. The van der Waals surface area contributed by atoms with Gasteiger partial charge in [-0.1, -0.05) is 25.8 Å². The Morgan fingerprint density at radius 1 is 1.24 bits per heavy atom. The van der Waals surface area contributed by atoms with Gasteiger partial charge in [-0.05, 0) is 62.8 Å². The number of benzene rings is 1. The maximum Gasteiger partial charge on any atom is 0.317 e. The second-order valence-electron chi connectivity index (χ2n) is 7.04. The van der Waals surface area contributed by atoms with Crippen molar-refractivity contribution in [3.8, 4) is 0 Å². The van der Waals surface area contributed by atoms with E-state index in [0.29, 0.717) is 5.92 Å². The molecule has 5 heteroatoms. The van der Waals surface area contributed by atoms with E-state index in [1.807, 2.05) is 12.1 Å². The van der Waals surface area contributed by atoms with Crippen LogP contribution in [0.15, 0.2) is 23.1 Å². The van der Waals surface area contributed by atoms with Crippen molar-refractivity contribution >= 4 is 23.6 Å². The number of amides is 1. The van der Waals surface area contributed by atoms with Gasteiger partial charge in [0.1, 0.15) is 0 Å². The molecule has 4 nitrogen and oxygen atoms in total. The van der Waals surface area contributed by atoms with Crippen LogP contribution in [-0.2, 0) is 14.3 Å². The third kappa shape index (κ3) is 6.07. The first-order chi connectivity index (χ1) is 11.9. The lowest BCUT2D eigenvalue weighted by molar-refractivity contribution is -0.152. The van der Waals surface area contributed by atoms with Crippen molar-refractivity contribution in [2.24, 2.45) is 5.92 Å². The summed E-state index contributed by atoms with van der Waals surface area (Å²) >= 11 is 1.43. The van der Waals surface area contributed by atoms with E-state index in [0.717, 1.165) is 24.2 Å². The average molecular weight is 364 g/mol. The van der Waals surface area contributed by atoms with E-state index in [-0.39, 0.29) is 23.7 Å². The Morgan fingerprint density at radius 3 is 2.64 bits per heavy atom. The molecular weight excluding hydrogens is 334 g/mol. The summed E-state index contributed by atoms with van der Waals surface area (Å²) in [6.45, 7) is 7.92. The van der Waals surface area contributed by atoms with Crippen LogP contribution in [0.25, 0.3) is 0 Å². The summed E-state index contributed by atoms with van der Waals surface area (Å²) in [7, 11) is 0. The maximum atomic E-state index is 12.3. The Kier molecular flexibility index (Phi) is 7.36. The van der Waals surface area contributed by atoms with E-state index in [1.165, 1.54) is 29.3 Å². The molecule has 1 aliphatic rings. The summed E-state index contributed by atoms with van der Waals surface area (Å²) in [6, 6.07) is 6.31. The monoisotopic (exact) mass is 363 g/mol. The van der Waals surface area contributed by atoms with Crippen molar-refractivity contribution in [1.82, 2.24) is 5.32 Å². The summed E-state index contributed by atoms with van der Waals surface area (Å²) in [5.74, 6) is 0.145. The van der Waals surface area contributed by atoms with Gasteiger partial charge in [0.15, 0.2) is 6.10 Å². The highest BCUT2D eigenvalue weighted by Crippen LogP contribution is 2.24. The zero-order chi connectivity index (χ0) is 18.4. The van der Waals surface area contributed by atoms with Crippen LogP contribution in [0.1, 0.15) is 50.7 Å². The summed E-state index contributed by atoms with van der Waals surface area (Å²) in [6.07, 6.45) is 3.79. The van der Waals surface area contributed by atoms with Crippen molar-refractivity contribution in [2.45, 2.75) is 70.4 Å². The van der Waals surface area contributed by atoms with Crippen molar-refractivity contribution < 1.29 is 14.3 Å². The number of thioether (sulfide) groups is 1. The highest BCUT2D eigenvalue weighted by Gasteiger charge is 2.26. The fourth-order valence-corrected chi connectivity index (χ4v) is 3.84. The van der Waals surface area contributed by atoms with Crippen LogP contribution in [0, 0.1) is 19.8 Å². The molecule has 0 unspecified atom stereocenters. The Labute approximate surface area is 155 Å². The zero-order valence-electron chi connectivity index (χ0n) is 15.6. The molecule has 1 aromatic carbocycles. The van der Waals surface area contributed by atoms with E-state index < -0.39 is 6.10 Å². The molecule has 2 rings (SSSR count). The summed E-state index contributed by atoms with van der Waals surface area (Å²) in [4.78, 5) is 25.3. The van der Waals surface area contributed by atoms with Crippen LogP contribution in [0.2, 0.25) is 0 Å². The maximum absolute atomic E-state index is 12.3. The lowest BCUT2D eigenvalue weighted by Gasteiger charge is -2.30. The highest BCUT2D eigenvalue weighted by atomic mass is 32.2. The van der Waals surface area contributed by atoms with Gasteiger partial charge in [0.2, 0.25) is 0 Å². The van der Waals surface area contributed by atoms with E-state index in [4.69, 9.17) is 4.74 Å². The predicted octanol–water partition coefficient (Wildman–Crippen LogP) is 4.02. The minimum atomic E-state index is -0.748. The average Bonchev–Trinajstić information content (AvgIpc) is 2.58. The molecule has 0 spiro atoms. The molecule has 0 bridgehead atoms. The number of ether oxygens (including phenoxy) is 1.